The molecule has 0 aliphatic rings. The van der Waals surface area contributed by atoms with E-state index in [1.807, 2.05) is 0 Å². The first kappa shape index (κ1) is 16.1. The predicted molar refractivity (Wildman–Crippen MR) is 89.4 cm³/mol. The number of nitrogens with zero attached hydrogens (tertiary/aromatic N) is 4. The average Bonchev–Trinajstić information content (AvgIpc) is 3.25. The fraction of sp³-hybridized carbons (Fsp3) is 0.0714. The SMILES string of the molecule is O=C(CNC(=O)c1sccc1-n1cnnn1)Nc1ccc(Cl)cc1. The lowest BCUT2D eigenvalue weighted by Gasteiger charge is -2.07. The minimum atomic E-state index is -0.373. The van der Waals surface area contributed by atoms with Gasteiger partial charge < -0.3 is 10.6 Å². The number of halogens is 1. The number of thiophene rings is 1. The van der Waals surface area contributed by atoms with Crippen molar-refractivity contribution in [2.45, 2.75) is 0 Å². The van der Waals surface area contributed by atoms with Gasteiger partial charge in [0.05, 0.1) is 12.2 Å². The van der Waals surface area contributed by atoms with E-state index in [1.54, 1.807) is 35.7 Å². The molecule has 122 valence electrons. The molecule has 0 fully saturated rings. The second-order valence-corrected chi connectivity index (χ2v) is 5.98. The Balaban J connectivity index is 1.59. The van der Waals surface area contributed by atoms with Gasteiger partial charge in [-0.3, -0.25) is 9.59 Å². The van der Waals surface area contributed by atoms with Crippen LogP contribution in [0.25, 0.3) is 5.69 Å². The molecule has 2 aromatic heterocycles. The summed E-state index contributed by atoms with van der Waals surface area (Å²) in [4.78, 5) is 24.6. The highest BCUT2D eigenvalue weighted by molar-refractivity contribution is 7.12. The van der Waals surface area contributed by atoms with Gasteiger partial charge in [-0.1, -0.05) is 11.6 Å². The van der Waals surface area contributed by atoms with Crippen LogP contribution in [0.1, 0.15) is 9.67 Å². The van der Waals surface area contributed by atoms with Crippen LogP contribution in [0.4, 0.5) is 5.69 Å². The van der Waals surface area contributed by atoms with E-state index in [9.17, 15) is 9.59 Å². The lowest BCUT2D eigenvalue weighted by atomic mass is 10.3. The van der Waals surface area contributed by atoms with Gasteiger partial charge in [-0.05, 0) is 46.1 Å². The third-order valence-electron chi connectivity index (χ3n) is 2.98. The van der Waals surface area contributed by atoms with Crippen LogP contribution in [-0.2, 0) is 4.79 Å². The lowest BCUT2D eigenvalue weighted by molar-refractivity contribution is -0.115. The maximum absolute atomic E-state index is 12.2. The maximum Gasteiger partial charge on any atom is 0.264 e. The van der Waals surface area contributed by atoms with Gasteiger partial charge in [0.15, 0.2) is 0 Å². The van der Waals surface area contributed by atoms with Crippen LogP contribution in [0.5, 0.6) is 0 Å². The van der Waals surface area contributed by atoms with Crippen molar-refractivity contribution in [2.75, 3.05) is 11.9 Å². The van der Waals surface area contributed by atoms with Crippen LogP contribution >= 0.6 is 22.9 Å². The molecule has 24 heavy (non-hydrogen) atoms. The van der Waals surface area contributed by atoms with E-state index in [4.69, 9.17) is 11.6 Å². The van der Waals surface area contributed by atoms with E-state index in [-0.39, 0.29) is 18.4 Å². The van der Waals surface area contributed by atoms with E-state index >= 15 is 0 Å². The smallest absolute Gasteiger partial charge is 0.264 e. The Bertz CT molecular complexity index is 847. The molecule has 10 heteroatoms. The molecule has 2 N–H and O–H groups in total. The molecule has 1 aromatic carbocycles. The largest absolute Gasteiger partial charge is 0.342 e. The highest BCUT2D eigenvalue weighted by atomic mass is 35.5. The Kier molecular flexibility index (Phi) is 4.82. The summed E-state index contributed by atoms with van der Waals surface area (Å²) >= 11 is 7.02. The molecular formula is C14H11ClN6O2S. The van der Waals surface area contributed by atoms with Crippen LogP contribution in [0.2, 0.25) is 5.02 Å². The normalized spacial score (nSPS) is 10.4. The lowest BCUT2D eigenvalue weighted by Crippen LogP contribution is -2.32. The average molecular weight is 363 g/mol. The number of hydrogen-bond donors (Lipinski definition) is 2. The number of carbonyl (C=O) groups excluding carboxylic acids is 2. The quantitative estimate of drug-likeness (QED) is 0.719. The fourth-order valence-corrected chi connectivity index (χ4v) is 2.82. The molecule has 0 spiro atoms. The summed E-state index contributed by atoms with van der Waals surface area (Å²) in [6.07, 6.45) is 1.39. The van der Waals surface area contributed by atoms with Gasteiger partial charge in [-0.25, -0.2) is 0 Å². The van der Waals surface area contributed by atoms with Gasteiger partial charge in [-0.2, -0.15) is 4.68 Å². The van der Waals surface area contributed by atoms with Gasteiger partial charge in [0.1, 0.15) is 11.2 Å². The molecule has 0 bridgehead atoms. The molecule has 0 atom stereocenters. The molecule has 2 amide bonds. The van der Waals surface area contributed by atoms with Crippen LogP contribution in [0, 0.1) is 0 Å². The summed E-state index contributed by atoms with van der Waals surface area (Å²) in [7, 11) is 0. The number of nitrogens with one attached hydrogen (secondary N) is 2. The first-order chi connectivity index (χ1) is 11.6. The second-order valence-electron chi connectivity index (χ2n) is 4.63. The molecule has 0 saturated carbocycles. The van der Waals surface area contributed by atoms with Gasteiger partial charge in [0.2, 0.25) is 5.91 Å². The number of hydrogen-bond acceptors (Lipinski definition) is 6. The van der Waals surface area contributed by atoms with Crippen LogP contribution in [0.15, 0.2) is 42.0 Å². The van der Waals surface area contributed by atoms with Crippen molar-refractivity contribution in [3.05, 3.63) is 51.9 Å². The Morgan fingerprint density at radius 1 is 1.21 bits per heavy atom. The number of amides is 2. The molecule has 0 aliphatic heterocycles. The summed E-state index contributed by atoms with van der Waals surface area (Å²) in [5.41, 5.74) is 1.16. The fourth-order valence-electron chi connectivity index (χ4n) is 1.90. The molecule has 2 heterocycles. The zero-order valence-electron chi connectivity index (χ0n) is 12.1. The standard InChI is InChI=1S/C14H11ClN6O2S/c15-9-1-3-10(4-2-9)18-12(22)7-16-14(23)13-11(5-6-24-13)21-8-17-19-20-21/h1-6,8H,7H2,(H,16,23)(H,18,22). The summed E-state index contributed by atoms with van der Waals surface area (Å²) in [5, 5.41) is 18.4. The molecule has 0 aliphatic carbocycles. The zero-order chi connectivity index (χ0) is 16.9. The number of anilines is 1. The first-order valence-electron chi connectivity index (χ1n) is 6.78. The monoisotopic (exact) mass is 362 g/mol. The molecule has 0 unspecified atom stereocenters. The van der Waals surface area contributed by atoms with E-state index in [2.05, 4.69) is 26.2 Å². The number of carbonyl (C=O) groups is 2. The molecule has 0 saturated heterocycles. The maximum atomic E-state index is 12.2. The van der Waals surface area contributed by atoms with E-state index in [1.165, 1.54) is 22.3 Å². The zero-order valence-corrected chi connectivity index (χ0v) is 13.7. The van der Waals surface area contributed by atoms with Crippen molar-refractivity contribution in [3.63, 3.8) is 0 Å². The third-order valence-corrected chi connectivity index (χ3v) is 4.14. The van der Waals surface area contributed by atoms with Crippen molar-refractivity contribution < 1.29 is 9.59 Å². The van der Waals surface area contributed by atoms with E-state index in [0.29, 0.717) is 21.3 Å². The van der Waals surface area contributed by atoms with Gasteiger partial charge >= 0.3 is 0 Å². The van der Waals surface area contributed by atoms with E-state index < -0.39 is 0 Å². The Morgan fingerprint density at radius 3 is 2.71 bits per heavy atom. The topological polar surface area (TPSA) is 102 Å². The summed E-state index contributed by atoms with van der Waals surface area (Å²) in [6, 6.07) is 8.41. The van der Waals surface area contributed by atoms with Crippen molar-refractivity contribution in [3.8, 4) is 5.69 Å². The molecule has 3 aromatic rings. The molecular weight excluding hydrogens is 352 g/mol. The number of rotatable bonds is 5. The minimum Gasteiger partial charge on any atom is -0.342 e. The van der Waals surface area contributed by atoms with Gasteiger partial charge in [0, 0.05) is 10.7 Å². The van der Waals surface area contributed by atoms with Crippen molar-refractivity contribution in [1.82, 2.24) is 25.5 Å². The van der Waals surface area contributed by atoms with Crippen molar-refractivity contribution >= 4 is 40.4 Å². The Hall–Kier alpha value is -2.78. The Labute approximate surface area is 145 Å². The third kappa shape index (κ3) is 3.76. The van der Waals surface area contributed by atoms with Gasteiger partial charge in [-0.15, -0.1) is 16.4 Å². The number of benzene rings is 1. The van der Waals surface area contributed by atoms with Gasteiger partial charge in [0.25, 0.3) is 5.91 Å². The first-order valence-corrected chi connectivity index (χ1v) is 8.04. The Morgan fingerprint density at radius 2 is 2.00 bits per heavy atom. The summed E-state index contributed by atoms with van der Waals surface area (Å²) < 4.78 is 1.39. The summed E-state index contributed by atoms with van der Waals surface area (Å²) in [5.74, 6) is -0.715. The van der Waals surface area contributed by atoms with Crippen LogP contribution < -0.4 is 10.6 Å². The van der Waals surface area contributed by atoms with E-state index in [0.717, 1.165) is 0 Å². The van der Waals surface area contributed by atoms with Crippen LogP contribution in [0.3, 0.4) is 0 Å². The minimum absolute atomic E-state index is 0.158. The molecule has 0 radical (unpaired) electrons. The molecule has 3 rings (SSSR count). The predicted octanol–water partition coefficient (Wildman–Crippen LogP) is 1.75. The number of tetrazole rings is 1. The van der Waals surface area contributed by atoms with Crippen molar-refractivity contribution in [2.24, 2.45) is 0 Å². The molecule has 8 nitrogen and oxygen atoms in total. The highest BCUT2D eigenvalue weighted by Crippen LogP contribution is 2.19. The van der Waals surface area contributed by atoms with Crippen LogP contribution in [-0.4, -0.2) is 38.6 Å². The van der Waals surface area contributed by atoms with Crippen molar-refractivity contribution in [1.29, 1.82) is 0 Å². The second kappa shape index (κ2) is 7.20. The number of aromatic nitrogens is 4. The summed E-state index contributed by atoms with van der Waals surface area (Å²) in [6.45, 7) is -0.158. The highest BCUT2D eigenvalue weighted by Gasteiger charge is 2.16.